The Bertz CT molecular complexity index is 834. The van der Waals surface area contributed by atoms with Crippen molar-refractivity contribution in [1.82, 2.24) is 9.88 Å². The van der Waals surface area contributed by atoms with Crippen LogP contribution < -0.4 is 4.90 Å². The Morgan fingerprint density at radius 1 is 1.16 bits per heavy atom. The average molecular weight is 462 g/mol. The Morgan fingerprint density at radius 2 is 1.81 bits per heavy atom. The fraction of sp³-hybridized carbons (Fsp3) is 0.760. The van der Waals surface area contributed by atoms with Crippen LogP contribution in [-0.4, -0.2) is 55.8 Å². The summed E-state index contributed by atoms with van der Waals surface area (Å²) in [4.78, 5) is 22.2. The van der Waals surface area contributed by atoms with E-state index in [1.807, 2.05) is 25.7 Å². The quantitative estimate of drug-likeness (QED) is 0.566. The highest BCUT2D eigenvalue weighted by Gasteiger charge is 2.43. The number of fused-ring (bicyclic) bond motifs is 3. The summed E-state index contributed by atoms with van der Waals surface area (Å²) in [6.45, 7) is 22.8. The second-order valence-electron chi connectivity index (χ2n) is 11.8. The molecule has 1 unspecified atom stereocenters. The van der Waals surface area contributed by atoms with Crippen molar-refractivity contribution in [3.05, 3.63) is 23.4 Å². The zero-order chi connectivity index (χ0) is 24.0. The van der Waals surface area contributed by atoms with Crippen LogP contribution in [0.5, 0.6) is 0 Å². The summed E-state index contributed by atoms with van der Waals surface area (Å²) in [5.74, 6) is 1.54. The number of carbonyl (C=O) groups excluding carboxylic acids is 1. The van der Waals surface area contributed by atoms with Gasteiger partial charge >= 0.3 is 6.09 Å². The molecule has 32 heavy (non-hydrogen) atoms. The van der Waals surface area contributed by atoms with Crippen molar-refractivity contribution < 1.29 is 14.0 Å². The van der Waals surface area contributed by atoms with E-state index in [0.717, 1.165) is 17.9 Å². The van der Waals surface area contributed by atoms with Crippen molar-refractivity contribution in [1.29, 1.82) is 0 Å². The lowest BCUT2D eigenvalue weighted by atomic mass is 9.75. The number of pyridine rings is 1. The third-order valence-electron chi connectivity index (χ3n) is 6.95. The van der Waals surface area contributed by atoms with Crippen LogP contribution in [0, 0.1) is 11.3 Å². The molecule has 0 saturated carbocycles. The molecule has 2 aliphatic heterocycles. The third-order valence-corrected chi connectivity index (χ3v) is 7.77. The summed E-state index contributed by atoms with van der Waals surface area (Å²) in [6.07, 6.45) is 0.670. The number of nitrogens with zero attached hydrogens (tertiary/aromatic N) is 3. The topological polar surface area (TPSA) is 54.9 Å². The molecule has 0 N–H and O–H groups in total. The van der Waals surface area contributed by atoms with Gasteiger partial charge in [-0.05, 0) is 70.2 Å². The molecule has 6 nitrogen and oxygen atoms in total. The fourth-order valence-electron chi connectivity index (χ4n) is 4.68. The maximum Gasteiger partial charge on any atom is 0.410 e. The molecule has 0 aromatic carbocycles. The van der Waals surface area contributed by atoms with Gasteiger partial charge < -0.3 is 19.0 Å². The van der Waals surface area contributed by atoms with E-state index in [0.29, 0.717) is 19.0 Å². The molecule has 2 aliphatic rings. The third kappa shape index (κ3) is 5.14. The van der Waals surface area contributed by atoms with E-state index in [2.05, 4.69) is 64.7 Å². The van der Waals surface area contributed by atoms with Gasteiger partial charge in [-0.1, -0.05) is 33.8 Å². The first kappa shape index (κ1) is 25.0. The highest BCUT2D eigenvalue weighted by Crippen LogP contribution is 2.44. The summed E-state index contributed by atoms with van der Waals surface area (Å²) in [5.41, 5.74) is 1.80. The van der Waals surface area contributed by atoms with E-state index >= 15 is 0 Å². The molecule has 0 spiro atoms. The van der Waals surface area contributed by atoms with Crippen molar-refractivity contribution in [3.63, 3.8) is 0 Å². The highest BCUT2D eigenvalue weighted by atomic mass is 28.3. The number of anilines is 1. The first-order chi connectivity index (χ1) is 14.7. The van der Waals surface area contributed by atoms with Crippen LogP contribution in [0.25, 0.3) is 0 Å². The van der Waals surface area contributed by atoms with Crippen LogP contribution >= 0.6 is 0 Å². The molecule has 180 valence electrons. The molecule has 3 rings (SSSR count). The van der Waals surface area contributed by atoms with Gasteiger partial charge in [0.2, 0.25) is 0 Å². The minimum absolute atomic E-state index is 0.0163. The zero-order valence-corrected chi connectivity index (χ0v) is 22.9. The summed E-state index contributed by atoms with van der Waals surface area (Å²) in [6, 6.07) is 4.82. The number of rotatable bonds is 5. The van der Waals surface area contributed by atoms with Gasteiger partial charge in [0.05, 0.1) is 17.8 Å². The van der Waals surface area contributed by atoms with Crippen molar-refractivity contribution in [2.75, 3.05) is 18.0 Å². The van der Waals surface area contributed by atoms with E-state index in [-0.39, 0.29) is 29.7 Å². The minimum atomic E-state index is -1.25. The lowest BCUT2D eigenvalue weighted by molar-refractivity contribution is 0.0191. The van der Waals surface area contributed by atoms with Crippen molar-refractivity contribution >= 4 is 21.0 Å². The van der Waals surface area contributed by atoms with Gasteiger partial charge in [-0.15, -0.1) is 0 Å². The van der Waals surface area contributed by atoms with E-state index in [4.69, 9.17) is 14.1 Å². The normalized spacial score (nSPS) is 22.2. The number of amides is 1. The molecule has 1 aromatic rings. The molecule has 1 amide bonds. The first-order valence-electron chi connectivity index (χ1n) is 12.1. The molecule has 0 bridgehead atoms. The zero-order valence-electron chi connectivity index (χ0n) is 21.7. The Labute approximate surface area is 196 Å². The van der Waals surface area contributed by atoms with Gasteiger partial charge in [-0.2, -0.15) is 0 Å². The second kappa shape index (κ2) is 8.97. The largest absolute Gasteiger partial charge is 0.444 e. The monoisotopic (exact) mass is 461 g/mol. The molecular formula is C25H43N3O3Si. The van der Waals surface area contributed by atoms with E-state index < -0.39 is 14.6 Å². The van der Waals surface area contributed by atoms with Crippen LogP contribution in [0.15, 0.2) is 12.1 Å². The van der Waals surface area contributed by atoms with Gasteiger partial charge in [-0.3, -0.25) is 0 Å². The predicted octanol–water partition coefficient (Wildman–Crippen LogP) is 5.18. The van der Waals surface area contributed by atoms with E-state index in [9.17, 15) is 4.79 Å². The highest BCUT2D eigenvalue weighted by molar-refractivity contribution is 6.48. The minimum Gasteiger partial charge on any atom is -0.444 e. The molecule has 3 heterocycles. The van der Waals surface area contributed by atoms with Gasteiger partial charge in [0.1, 0.15) is 11.4 Å². The van der Waals surface area contributed by atoms with Crippen molar-refractivity contribution in [3.8, 4) is 0 Å². The van der Waals surface area contributed by atoms with E-state index in [1.165, 1.54) is 5.56 Å². The van der Waals surface area contributed by atoms with Crippen LogP contribution in [0.1, 0.15) is 72.8 Å². The second-order valence-corrected chi connectivity index (χ2v) is 14.1. The molecular weight excluding hydrogens is 418 g/mol. The first-order valence-corrected chi connectivity index (χ1v) is 14.9. The molecule has 1 fully saturated rings. The molecule has 1 aromatic heterocycles. The van der Waals surface area contributed by atoms with Gasteiger partial charge in [0, 0.05) is 19.1 Å². The standard InChI is InChI=1S/C25H43N3O3Si/c1-16(2)25(7,8)21(31-32(9)10)20-12-11-18-13-19-15-27(23(29)30-24(4,5)6)14-17(3)28(19)22(18)26-20/h11-12,16-17,19,21,32H,13-15H2,1-10H3/t17-,19-,21?/m1/s1. The van der Waals surface area contributed by atoms with Crippen molar-refractivity contribution in [2.45, 2.75) is 98.7 Å². The maximum absolute atomic E-state index is 12.7. The number of hydrogen-bond acceptors (Lipinski definition) is 5. The lowest BCUT2D eigenvalue weighted by Gasteiger charge is -2.43. The smallest absolute Gasteiger partial charge is 0.410 e. The molecule has 0 radical (unpaired) electrons. The number of carbonyl (C=O) groups is 1. The molecule has 7 heteroatoms. The Kier molecular flexibility index (Phi) is 7.02. The summed E-state index contributed by atoms with van der Waals surface area (Å²) >= 11 is 0. The summed E-state index contributed by atoms with van der Waals surface area (Å²) < 4.78 is 12.2. The number of aromatic nitrogens is 1. The van der Waals surface area contributed by atoms with Crippen LogP contribution in [-0.2, 0) is 15.6 Å². The molecule has 1 saturated heterocycles. The maximum atomic E-state index is 12.7. The lowest BCUT2D eigenvalue weighted by Crippen LogP contribution is -2.58. The SMILES string of the molecule is CC(C)C(C)(C)C(O[SiH](C)C)c1ccc2c(n1)N1[C@H](C2)CN(C(=O)OC(C)(C)C)C[C@H]1C. The van der Waals surface area contributed by atoms with Gasteiger partial charge in [0.15, 0.2) is 9.04 Å². The van der Waals surface area contributed by atoms with Crippen LogP contribution in [0.4, 0.5) is 10.6 Å². The molecule has 0 aliphatic carbocycles. The van der Waals surface area contributed by atoms with E-state index in [1.54, 1.807) is 0 Å². The van der Waals surface area contributed by atoms with Crippen LogP contribution in [0.3, 0.4) is 0 Å². The average Bonchev–Trinajstić information content (AvgIpc) is 3.02. The number of piperazine rings is 1. The Balaban J connectivity index is 1.87. The van der Waals surface area contributed by atoms with Gasteiger partial charge in [0.25, 0.3) is 0 Å². The van der Waals surface area contributed by atoms with Crippen LogP contribution in [0.2, 0.25) is 13.1 Å². The number of hydrogen-bond donors (Lipinski definition) is 0. The molecule has 3 atom stereocenters. The summed E-state index contributed by atoms with van der Waals surface area (Å²) in [7, 11) is -1.25. The summed E-state index contributed by atoms with van der Waals surface area (Å²) in [5, 5.41) is 0. The number of ether oxygens (including phenoxy) is 1. The predicted molar refractivity (Wildman–Crippen MR) is 133 cm³/mol. The Morgan fingerprint density at radius 3 is 2.38 bits per heavy atom. The Hall–Kier alpha value is -1.60. The van der Waals surface area contributed by atoms with Crippen molar-refractivity contribution in [2.24, 2.45) is 11.3 Å². The fourth-order valence-corrected chi connectivity index (χ4v) is 5.71. The van der Waals surface area contributed by atoms with Gasteiger partial charge in [-0.25, -0.2) is 9.78 Å².